The Morgan fingerprint density at radius 2 is 1.84 bits per heavy atom. The second kappa shape index (κ2) is 6.92. The average molecular weight is 422 g/mol. The summed E-state index contributed by atoms with van der Waals surface area (Å²) in [6.07, 6.45) is 0. The van der Waals surface area contributed by atoms with Gasteiger partial charge in [0, 0.05) is 28.1 Å². The Labute approximate surface area is 157 Å². The topological polar surface area (TPSA) is 82.0 Å². The normalized spacial score (nSPS) is 23.7. The molecular formula is C18H16BrNO4S. The maximum Gasteiger partial charge on any atom is 0.286 e. The lowest BCUT2D eigenvalue weighted by Crippen LogP contribution is -2.48. The Morgan fingerprint density at radius 1 is 1.24 bits per heavy atom. The highest BCUT2D eigenvalue weighted by atomic mass is 79.9. The van der Waals surface area contributed by atoms with Crippen LogP contribution in [0.5, 0.6) is 0 Å². The molecule has 0 saturated heterocycles. The van der Waals surface area contributed by atoms with E-state index in [2.05, 4.69) is 21.1 Å². The first-order valence-electron chi connectivity index (χ1n) is 7.55. The number of carbonyl (C=O) groups is 1. The molecule has 0 spiro atoms. The monoisotopic (exact) mass is 421 g/mol. The molecule has 7 heteroatoms. The molecule has 5 nitrogen and oxygen atoms in total. The van der Waals surface area contributed by atoms with Crippen molar-refractivity contribution in [1.82, 2.24) is 0 Å². The molecule has 1 N–H and O–H groups in total. The summed E-state index contributed by atoms with van der Waals surface area (Å²) in [6.45, 7) is 3.28. The predicted octanol–water partition coefficient (Wildman–Crippen LogP) is 3.21. The fourth-order valence-electron chi connectivity index (χ4n) is 2.51. The Balaban J connectivity index is 1.94. The van der Waals surface area contributed by atoms with Gasteiger partial charge in [0.05, 0.1) is 0 Å². The van der Waals surface area contributed by atoms with Crippen molar-refractivity contribution in [2.75, 3.05) is 0 Å². The number of Topliss-reactive ketones (excluding diaryl/α,β-unsaturated/α-hetero) is 1. The van der Waals surface area contributed by atoms with Crippen LogP contribution < -0.4 is 0 Å². The SMILES string of the molecule is Cc1ccc([S@+]([O-])C2C(C(=O)c3ccc(Br)cc3)=NOC2(C)O)cc1. The third-order valence-corrected chi connectivity index (χ3v) is 6.22. The zero-order valence-electron chi connectivity index (χ0n) is 13.6. The number of carbonyl (C=O) groups excluding carboxylic acids is 1. The first kappa shape index (κ1) is 18.1. The minimum atomic E-state index is -1.82. The van der Waals surface area contributed by atoms with E-state index in [1.165, 1.54) is 6.92 Å². The highest BCUT2D eigenvalue weighted by Gasteiger charge is 2.55. The molecule has 1 aliphatic heterocycles. The van der Waals surface area contributed by atoms with Crippen molar-refractivity contribution in [2.45, 2.75) is 29.8 Å². The third-order valence-electron chi connectivity index (χ3n) is 3.87. The van der Waals surface area contributed by atoms with Crippen LogP contribution in [0, 0.1) is 6.92 Å². The van der Waals surface area contributed by atoms with Crippen molar-refractivity contribution >= 4 is 38.6 Å². The van der Waals surface area contributed by atoms with E-state index in [0.29, 0.717) is 10.5 Å². The van der Waals surface area contributed by atoms with Gasteiger partial charge in [-0.1, -0.05) is 38.8 Å². The summed E-state index contributed by atoms with van der Waals surface area (Å²) in [7, 11) is 0. The molecule has 0 aromatic heterocycles. The van der Waals surface area contributed by atoms with Gasteiger partial charge in [-0.3, -0.25) is 4.79 Å². The number of halogens is 1. The fraction of sp³-hybridized carbons (Fsp3) is 0.222. The maximum absolute atomic E-state index is 13.0. The summed E-state index contributed by atoms with van der Waals surface area (Å²) >= 11 is 1.61. The number of benzene rings is 2. The van der Waals surface area contributed by atoms with E-state index < -0.39 is 28.0 Å². The summed E-state index contributed by atoms with van der Waals surface area (Å²) in [4.78, 5) is 18.3. The third kappa shape index (κ3) is 3.64. The van der Waals surface area contributed by atoms with Crippen LogP contribution in [0.25, 0.3) is 0 Å². The van der Waals surface area contributed by atoms with E-state index in [-0.39, 0.29) is 5.71 Å². The molecule has 0 radical (unpaired) electrons. The second-order valence-corrected chi connectivity index (χ2v) is 8.40. The number of oxime groups is 1. The standard InChI is InChI=1S/C18H16BrNO4S/c1-11-3-9-14(10-4-11)25(23)17-15(20-24-18(17,2)22)16(21)12-5-7-13(19)8-6-12/h3-10,17,22H,1-2H3/t17?,18?,25-/m0/s1. The summed E-state index contributed by atoms with van der Waals surface area (Å²) in [5, 5.41) is 13.1. The molecule has 0 aliphatic carbocycles. The number of nitrogens with zero attached hydrogens (tertiary/aromatic N) is 1. The molecule has 25 heavy (non-hydrogen) atoms. The lowest BCUT2D eigenvalue weighted by atomic mass is 10.0. The van der Waals surface area contributed by atoms with E-state index in [1.807, 2.05) is 19.1 Å². The van der Waals surface area contributed by atoms with Gasteiger partial charge in [-0.15, -0.1) is 0 Å². The molecule has 0 fully saturated rings. The van der Waals surface area contributed by atoms with Crippen molar-refractivity contribution in [1.29, 1.82) is 0 Å². The van der Waals surface area contributed by atoms with E-state index in [0.717, 1.165) is 10.0 Å². The van der Waals surface area contributed by atoms with Gasteiger partial charge in [0.15, 0.2) is 10.6 Å². The van der Waals surface area contributed by atoms with E-state index in [9.17, 15) is 14.5 Å². The molecule has 3 rings (SSSR count). The van der Waals surface area contributed by atoms with Crippen LogP contribution in [0.15, 0.2) is 63.1 Å². The molecule has 0 bridgehead atoms. The average Bonchev–Trinajstić information content (AvgIpc) is 2.90. The smallest absolute Gasteiger partial charge is 0.286 e. The largest absolute Gasteiger partial charge is 0.611 e. The number of aliphatic hydroxyl groups is 1. The van der Waals surface area contributed by atoms with Crippen LogP contribution in [-0.4, -0.2) is 32.2 Å². The molecule has 130 valence electrons. The van der Waals surface area contributed by atoms with Crippen LogP contribution in [-0.2, 0) is 16.0 Å². The fourth-order valence-corrected chi connectivity index (χ4v) is 4.24. The highest BCUT2D eigenvalue weighted by molar-refractivity contribution is 9.10. The van der Waals surface area contributed by atoms with Crippen LogP contribution in [0.4, 0.5) is 0 Å². The lowest BCUT2D eigenvalue weighted by Gasteiger charge is -2.25. The minimum Gasteiger partial charge on any atom is -0.611 e. The Bertz CT molecular complexity index is 818. The summed E-state index contributed by atoms with van der Waals surface area (Å²) in [5.74, 6) is -2.24. The first-order valence-corrected chi connectivity index (χ1v) is 9.56. The molecule has 2 unspecified atom stereocenters. The number of rotatable bonds is 4. The van der Waals surface area contributed by atoms with Crippen molar-refractivity contribution in [3.8, 4) is 0 Å². The number of ketones is 1. The number of hydrogen-bond acceptors (Lipinski definition) is 5. The van der Waals surface area contributed by atoms with Gasteiger partial charge in [-0.05, 0) is 43.3 Å². The minimum absolute atomic E-state index is 0.0498. The number of aryl methyl sites for hydroxylation is 1. The molecule has 2 aromatic rings. The van der Waals surface area contributed by atoms with Gasteiger partial charge in [-0.2, -0.15) is 0 Å². The van der Waals surface area contributed by atoms with Gasteiger partial charge >= 0.3 is 0 Å². The number of hydrogen-bond donors (Lipinski definition) is 1. The molecule has 2 aromatic carbocycles. The van der Waals surface area contributed by atoms with Gasteiger partial charge in [-0.25, -0.2) is 0 Å². The van der Waals surface area contributed by atoms with Crippen LogP contribution >= 0.6 is 15.9 Å². The van der Waals surface area contributed by atoms with Crippen LogP contribution in [0.1, 0.15) is 22.8 Å². The van der Waals surface area contributed by atoms with Gasteiger partial charge in [0.2, 0.25) is 11.0 Å². The molecule has 3 atom stereocenters. The zero-order valence-corrected chi connectivity index (χ0v) is 16.0. The van der Waals surface area contributed by atoms with Gasteiger partial charge < -0.3 is 14.5 Å². The van der Waals surface area contributed by atoms with E-state index in [4.69, 9.17) is 4.84 Å². The predicted molar refractivity (Wildman–Crippen MR) is 99.0 cm³/mol. The Kier molecular flexibility index (Phi) is 5.02. The first-order chi connectivity index (χ1) is 11.8. The van der Waals surface area contributed by atoms with Crippen LogP contribution in [0.3, 0.4) is 0 Å². The quantitative estimate of drug-likeness (QED) is 0.606. The van der Waals surface area contributed by atoms with E-state index >= 15 is 0 Å². The summed E-state index contributed by atoms with van der Waals surface area (Å²) in [6, 6.07) is 13.8. The molecule has 1 heterocycles. The molecule has 0 saturated carbocycles. The second-order valence-electron chi connectivity index (χ2n) is 5.95. The van der Waals surface area contributed by atoms with Crippen LogP contribution in [0.2, 0.25) is 0 Å². The summed E-state index contributed by atoms with van der Waals surface area (Å²) < 4.78 is 13.8. The zero-order chi connectivity index (χ0) is 18.2. The van der Waals surface area contributed by atoms with Crippen molar-refractivity contribution < 1.29 is 19.3 Å². The molecule has 1 aliphatic rings. The van der Waals surface area contributed by atoms with Crippen molar-refractivity contribution in [3.63, 3.8) is 0 Å². The lowest BCUT2D eigenvalue weighted by molar-refractivity contribution is -0.167. The molecule has 0 amide bonds. The molecular weight excluding hydrogens is 406 g/mol. The van der Waals surface area contributed by atoms with Gasteiger partial charge in [0.1, 0.15) is 0 Å². The van der Waals surface area contributed by atoms with Gasteiger partial charge in [0.25, 0.3) is 5.79 Å². The Morgan fingerprint density at radius 3 is 2.44 bits per heavy atom. The Hall–Kier alpha value is -1.67. The van der Waals surface area contributed by atoms with Crippen molar-refractivity contribution in [3.05, 3.63) is 64.1 Å². The summed E-state index contributed by atoms with van der Waals surface area (Å²) in [5.41, 5.74) is 1.36. The maximum atomic E-state index is 13.0. The van der Waals surface area contributed by atoms with Crippen molar-refractivity contribution in [2.24, 2.45) is 5.16 Å². The van der Waals surface area contributed by atoms with E-state index in [1.54, 1.807) is 36.4 Å². The highest BCUT2D eigenvalue weighted by Crippen LogP contribution is 2.33.